The van der Waals surface area contributed by atoms with Crippen molar-refractivity contribution in [3.63, 3.8) is 0 Å². The van der Waals surface area contributed by atoms with Crippen molar-refractivity contribution >= 4 is 5.97 Å². The van der Waals surface area contributed by atoms with Crippen LogP contribution in [0.1, 0.15) is 31.3 Å². The molecule has 1 aromatic rings. The fourth-order valence-electron chi connectivity index (χ4n) is 1.57. The summed E-state index contributed by atoms with van der Waals surface area (Å²) in [6.45, 7) is 4.70. The van der Waals surface area contributed by atoms with Gasteiger partial charge in [-0.15, -0.1) is 0 Å². The Morgan fingerprint density at radius 2 is 2.12 bits per heavy atom. The topological polar surface area (TPSA) is 73.5 Å². The smallest absolute Gasteiger partial charge is 0.314 e. The van der Waals surface area contributed by atoms with Crippen LogP contribution in [0.5, 0.6) is 0 Å². The third kappa shape index (κ3) is 2.39. The van der Waals surface area contributed by atoms with Crippen molar-refractivity contribution in [1.82, 2.24) is 0 Å². The van der Waals surface area contributed by atoms with Gasteiger partial charge in [0, 0.05) is 19.1 Å². The minimum Gasteiger partial charge on any atom is -0.618 e. The molecule has 0 radical (unpaired) electrons. The number of rotatable bonds is 3. The Balaban J connectivity index is 3.16. The molecule has 0 fully saturated rings. The van der Waals surface area contributed by atoms with Crippen LogP contribution in [-0.2, 0) is 9.53 Å². The Bertz CT molecular complexity index is 429. The van der Waals surface area contributed by atoms with Crippen molar-refractivity contribution in [2.24, 2.45) is 5.41 Å². The zero-order valence-electron chi connectivity index (χ0n) is 10.4. The van der Waals surface area contributed by atoms with Gasteiger partial charge in [-0.05, 0) is 19.9 Å². The number of hydrogen-bond donors (Lipinski definition) is 1. The van der Waals surface area contributed by atoms with Gasteiger partial charge in [-0.1, -0.05) is 0 Å². The molecule has 5 heteroatoms. The SMILES string of the molecule is COC(=O)C(C)(C)[C@H](O)c1cccc(C)[n+]1[O-]. The molecule has 0 unspecified atom stereocenters. The molecule has 0 saturated heterocycles. The first-order valence-corrected chi connectivity index (χ1v) is 5.28. The van der Waals surface area contributed by atoms with E-state index in [0.717, 1.165) is 0 Å². The number of hydrogen-bond acceptors (Lipinski definition) is 4. The highest BCUT2D eigenvalue weighted by molar-refractivity contribution is 5.76. The van der Waals surface area contributed by atoms with Crippen LogP contribution in [0.2, 0.25) is 0 Å². The molecular formula is C12H17NO4. The molecule has 0 aliphatic rings. The monoisotopic (exact) mass is 239 g/mol. The Labute approximate surface area is 100 Å². The lowest BCUT2D eigenvalue weighted by Gasteiger charge is -2.26. The van der Waals surface area contributed by atoms with E-state index in [1.165, 1.54) is 27.0 Å². The quantitative estimate of drug-likeness (QED) is 0.482. The van der Waals surface area contributed by atoms with Crippen LogP contribution in [-0.4, -0.2) is 18.2 Å². The van der Waals surface area contributed by atoms with E-state index in [1.807, 2.05) is 0 Å². The molecule has 1 N–H and O–H groups in total. The number of aromatic nitrogens is 1. The number of ether oxygens (including phenoxy) is 1. The lowest BCUT2D eigenvalue weighted by Crippen LogP contribution is -2.42. The molecule has 0 amide bonds. The predicted octanol–water partition coefficient (Wildman–Crippen LogP) is 0.861. The van der Waals surface area contributed by atoms with Gasteiger partial charge in [0.05, 0.1) is 12.5 Å². The van der Waals surface area contributed by atoms with Gasteiger partial charge in [0.15, 0.2) is 11.8 Å². The number of esters is 1. The molecule has 17 heavy (non-hydrogen) atoms. The van der Waals surface area contributed by atoms with Crippen LogP contribution in [0.15, 0.2) is 18.2 Å². The van der Waals surface area contributed by atoms with Gasteiger partial charge in [0.1, 0.15) is 0 Å². The molecule has 0 saturated carbocycles. The summed E-state index contributed by atoms with van der Waals surface area (Å²) in [4.78, 5) is 11.6. The number of nitrogens with zero attached hydrogens (tertiary/aromatic N) is 1. The van der Waals surface area contributed by atoms with Crippen molar-refractivity contribution in [2.75, 3.05) is 7.11 Å². The first kappa shape index (κ1) is 13.4. The van der Waals surface area contributed by atoms with Crippen LogP contribution in [0, 0.1) is 17.5 Å². The van der Waals surface area contributed by atoms with E-state index in [2.05, 4.69) is 4.74 Å². The van der Waals surface area contributed by atoms with Crippen molar-refractivity contribution in [1.29, 1.82) is 0 Å². The molecule has 1 heterocycles. The van der Waals surface area contributed by atoms with E-state index in [1.54, 1.807) is 19.1 Å². The number of aliphatic hydroxyl groups excluding tert-OH is 1. The van der Waals surface area contributed by atoms with Crippen LogP contribution >= 0.6 is 0 Å². The maximum absolute atomic E-state index is 11.8. The Kier molecular flexibility index (Phi) is 3.72. The highest BCUT2D eigenvalue weighted by Gasteiger charge is 2.41. The van der Waals surface area contributed by atoms with E-state index < -0.39 is 17.5 Å². The molecule has 94 valence electrons. The highest BCUT2D eigenvalue weighted by Crippen LogP contribution is 2.32. The molecule has 5 nitrogen and oxygen atoms in total. The molecule has 1 rings (SSSR count). The van der Waals surface area contributed by atoms with Gasteiger partial charge in [-0.2, -0.15) is 4.73 Å². The maximum atomic E-state index is 11.8. The molecule has 0 aliphatic heterocycles. The van der Waals surface area contributed by atoms with Crippen LogP contribution in [0.4, 0.5) is 0 Å². The number of aryl methyl sites for hydroxylation is 1. The number of pyridine rings is 1. The minimum absolute atomic E-state index is 0.139. The summed E-state index contributed by atoms with van der Waals surface area (Å²) in [7, 11) is 1.25. The van der Waals surface area contributed by atoms with E-state index in [9.17, 15) is 15.1 Å². The minimum atomic E-state index is -1.22. The fraction of sp³-hybridized carbons (Fsp3) is 0.500. The van der Waals surface area contributed by atoms with E-state index in [4.69, 9.17) is 0 Å². The molecule has 1 aromatic heterocycles. The summed E-state index contributed by atoms with van der Waals surface area (Å²) in [6.07, 6.45) is -1.22. The third-order valence-corrected chi connectivity index (χ3v) is 2.83. The molecular weight excluding hydrogens is 222 g/mol. The molecule has 0 aliphatic carbocycles. The molecule has 0 bridgehead atoms. The summed E-state index contributed by atoms with van der Waals surface area (Å²) in [6, 6.07) is 4.79. The fourth-order valence-corrected chi connectivity index (χ4v) is 1.57. The first-order valence-electron chi connectivity index (χ1n) is 5.28. The third-order valence-electron chi connectivity index (χ3n) is 2.83. The van der Waals surface area contributed by atoms with E-state index >= 15 is 0 Å². The average molecular weight is 239 g/mol. The zero-order chi connectivity index (χ0) is 13.2. The number of aliphatic hydroxyl groups is 1. The zero-order valence-corrected chi connectivity index (χ0v) is 10.4. The summed E-state index contributed by atoms with van der Waals surface area (Å²) in [5.74, 6) is -0.563. The second kappa shape index (κ2) is 4.71. The van der Waals surface area contributed by atoms with Crippen LogP contribution < -0.4 is 4.73 Å². The molecule has 1 atom stereocenters. The average Bonchev–Trinajstić information content (AvgIpc) is 2.30. The predicted molar refractivity (Wildman–Crippen MR) is 60.9 cm³/mol. The number of methoxy groups -OCH3 is 1. The van der Waals surface area contributed by atoms with Crippen LogP contribution in [0.25, 0.3) is 0 Å². The second-order valence-corrected chi connectivity index (χ2v) is 4.50. The summed E-state index contributed by atoms with van der Waals surface area (Å²) >= 11 is 0. The van der Waals surface area contributed by atoms with Gasteiger partial charge in [0.25, 0.3) is 0 Å². The summed E-state index contributed by atoms with van der Waals surface area (Å²) in [5, 5.41) is 21.9. The van der Waals surface area contributed by atoms with Gasteiger partial charge in [-0.3, -0.25) is 4.79 Å². The highest BCUT2D eigenvalue weighted by atomic mass is 16.5. The second-order valence-electron chi connectivity index (χ2n) is 4.50. The van der Waals surface area contributed by atoms with Crippen molar-refractivity contribution in [3.8, 4) is 0 Å². The van der Waals surface area contributed by atoms with Crippen molar-refractivity contribution < 1.29 is 19.4 Å². The lowest BCUT2D eigenvalue weighted by molar-refractivity contribution is -0.626. The summed E-state index contributed by atoms with van der Waals surface area (Å²) in [5.41, 5.74) is -0.572. The van der Waals surface area contributed by atoms with Crippen molar-refractivity contribution in [3.05, 3.63) is 34.8 Å². The van der Waals surface area contributed by atoms with Gasteiger partial charge in [0.2, 0.25) is 5.69 Å². The van der Waals surface area contributed by atoms with Crippen LogP contribution in [0.3, 0.4) is 0 Å². The van der Waals surface area contributed by atoms with Gasteiger partial charge >= 0.3 is 5.97 Å². The maximum Gasteiger partial charge on any atom is 0.314 e. The molecule has 0 aromatic carbocycles. The Hall–Kier alpha value is -1.62. The normalized spacial score (nSPS) is 13.2. The number of carbonyl (C=O) groups is 1. The largest absolute Gasteiger partial charge is 0.618 e. The Morgan fingerprint density at radius 3 is 2.65 bits per heavy atom. The van der Waals surface area contributed by atoms with E-state index in [-0.39, 0.29) is 5.69 Å². The first-order chi connectivity index (χ1) is 7.82. The van der Waals surface area contributed by atoms with E-state index in [0.29, 0.717) is 10.4 Å². The standard InChI is InChI=1S/C12H17NO4/c1-8-6-5-7-9(13(8)16)10(14)12(2,3)11(15)17-4/h5-7,10,14H,1-4H3/t10-/m1/s1. The molecule has 0 spiro atoms. The summed E-state index contributed by atoms with van der Waals surface area (Å²) < 4.78 is 5.24. The van der Waals surface area contributed by atoms with Gasteiger partial charge in [-0.25, -0.2) is 0 Å². The lowest BCUT2D eigenvalue weighted by atomic mass is 9.84. The van der Waals surface area contributed by atoms with Gasteiger partial charge < -0.3 is 15.1 Å². The Morgan fingerprint density at radius 1 is 1.53 bits per heavy atom. The van der Waals surface area contributed by atoms with Crippen molar-refractivity contribution in [2.45, 2.75) is 26.9 Å². The number of carbonyl (C=O) groups excluding carboxylic acids is 1.